The smallest absolute Gasteiger partial charge is 0.252 e. The molecule has 1 aliphatic carbocycles. The minimum Gasteiger partial charge on any atom is -0.497 e. The van der Waals surface area contributed by atoms with Crippen molar-refractivity contribution in [3.8, 4) is 11.5 Å². The van der Waals surface area contributed by atoms with Crippen molar-refractivity contribution in [2.45, 2.75) is 18.4 Å². The van der Waals surface area contributed by atoms with Gasteiger partial charge in [-0.1, -0.05) is 0 Å². The summed E-state index contributed by atoms with van der Waals surface area (Å²) >= 11 is 5.84. The van der Waals surface area contributed by atoms with E-state index in [0.29, 0.717) is 22.9 Å². The topological polar surface area (TPSA) is 47.6 Å². The molecule has 0 saturated heterocycles. The van der Waals surface area contributed by atoms with Crippen molar-refractivity contribution >= 4 is 17.5 Å². The Kier molecular flexibility index (Phi) is 3.66. The number of rotatable bonds is 5. The maximum Gasteiger partial charge on any atom is 0.252 e. The van der Waals surface area contributed by atoms with Gasteiger partial charge in [0.2, 0.25) is 0 Å². The van der Waals surface area contributed by atoms with Crippen LogP contribution in [0.25, 0.3) is 0 Å². The number of carbonyl (C=O) groups excluding carboxylic acids is 1. The van der Waals surface area contributed by atoms with Crippen molar-refractivity contribution in [1.29, 1.82) is 0 Å². The Morgan fingerprint density at radius 2 is 1.83 bits per heavy atom. The largest absolute Gasteiger partial charge is 0.497 e. The molecule has 4 nitrogen and oxygen atoms in total. The molecular weight excluding hydrogens is 254 g/mol. The first-order chi connectivity index (χ1) is 8.62. The summed E-state index contributed by atoms with van der Waals surface area (Å²) in [6, 6.07) is 5.09. The lowest BCUT2D eigenvalue weighted by molar-refractivity contribution is 0.0935. The summed E-state index contributed by atoms with van der Waals surface area (Å²) < 4.78 is 10.3. The normalized spacial score (nSPS) is 15.9. The second kappa shape index (κ2) is 5.06. The SMILES string of the molecule is COc1cc(OC)cc(C(=O)NC2(CCl)CC2)c1. The van der Waals surface area contributed by atoms with Crippen LogP contribution in [0.1, 0.15) is 23.2 Å². The molecular formula is C13H16ClNO3. The lowest BCUT2D eigenvalue weighted by Gasteiger charge is -2.15. The Morgan fingerprint density at radius 3 is 2.22 bits per heavy atom. The van der Waals surface area contributed by atoms with Crippen LogP contribution in [0.15, 0.2) is 18.2 Å². The second-order valence-electron chi connectivity index (χ2n) is 4.47. The maximum absolute atomic E-state index is 12.1. The molecule has 0 heterocycles. The lowest BCUT2D eigenvalue weighted by atomic mass is 10.1. The quantitative estimate of drug-likeness (QED) is 0.834. The Bertz CT molecular complexity index is 435. The van der Waals surface area contributed by atoms with Crippen LogP contribution in [-0.4, -0.2) is 31.5 Å². The first-order valence-corrected chi connectivity index (χ1v) is 6.27. The van der Waals surface area contributed by atoms with Crippen LogP contribution in [0.2, 0.25) is 0 Å². The zero-order chi connectivity index (χ0) is 13.2. The fourth-order valence-electron chi connectivity index (χ4n) is 1.69. The average molecular weight is 270 g/mol. The number of hydrogen-bond donors (Lipinski definition) is 1. The summed E-state index contributed by atoms with van der Waals surface area (Å²) in [5.41, 5.74) is 0.303. The molecule has 0 unspecified atom stereocenters. The number of hydrogen-bond acceptors (Lipinski definition) is 3. The number of halogens is 1. The molecule has 0 atom stereocenters. The van der Waals surface area contributed by atoms with Crippen molar-refractivity contribution in [3.05, 3.63) is 23.8 Å². The molecule has 0 aromatic heterocycles. The highest BCUT2D eigenvalue weighted by molar-refractivity contribution is 6.19. The van der Waals surface area contributed by atoms with Crippen LogP contribution in [0.5, 0.6) is 11.5 Å². The zero-order valence-electron chi connectivity index (χ0n) is 10.5. The van der Waals surface area contributed by atoms with Crippen LogP contribution < -0.4 is 14.8 Å². The third-order valence-corrected chi connectivity index (χ3v) is 3.61. The highest BCUT2D eigenvalue weighted by atomic mass is 35.5. The zero-order valence-corrected chi connectivity index (χ0v) is 11.2. The molecule has 0 spiro atoms. The van der Waals surface area contributed by atoms with E-state index in [4.69, 9.17) is 21.1 Å². The van der Waals surface area contributed by atoms with E-state index >= 15 is 0 Å². The van der Waals surface area contributed by atoms with Gasteiger partial charge < -0.3 is 14.8 Å². The van der Waals surface area contributed by atoms with E-state index in [1.807, 2.05) is 0 Å². The molecule has 1 aromatic carbocycles. The summed E-state index contributed by atoms with van der Waals surface area (Å²) in [5.74, 6) is 1.48. The Balaban J connectivity index is 2.18. The lowest BCUT2D eigenvalue weighted by Crippen LogP contribution is -2.38. The van der Waals surface area contributed by atoms with Gasteiger partial charge in [0, 0.05) is 17.5 Å². The summed E-state index contributed by atoms with van der Waals surface area (Å²) in [5, 5.41) is 2.95. The van der Waals surface area contributed by atoms with Crippen LogP contribution in [0.3, 0.4) is 0 Å². The third-order valence-electron chi connectivity index (χ3n) is 3.10. The van der Waals surface area contributed by atoms with Gasteiger partial charge in [0.1, 0.15) is 11.5 Å². The minimum atomic E-state index is -0.213. The van der Waals surface area contributed by atoms with Crippen LogP contribution in [0.4, 0.5) is 0 Å². The molecule has 5 heteroatoms. The predicted octanol–water partition coefficient (Wildman–Crippen LogP) is 2.21. The molecule has 0 bridgehead atoms. The second-order valence-corrected chi connectivity index (χ2v) is 4.74. The van der Waals surface area contributed by atoms with Gasteiger partial charge in [-0.25, -0.2) is 0 Å². The number of benzene rings is 1. The first kappa shape index (κ1) is 13.0. The van der Waals surface area contributed by atoms with Gasteiger partial charge in [-0.05, 0) is 25.0 Å². The molecule has 0 radical (unpaired) electrons. The minimum absolute atomic E-state index is 0.148. The van der Waals surface area contributed by atoms with Gasteiger partial charge in [0.05, 0.1) is 19.8 Å². The van der Waals surface area contributed by atoms with Crippen molar-refractivity contribution in [1.82, 2.24) is 5.32 Å². The number of amides is 1. The molecule has 1 amide bonds. The molecule has 1 saturated carbocycles. The summed E-state index contributed by atoms with van der Waals surface area (Å²) in [6.07, 6.45) is 1.87. The van der Waals surface area contributed by atoms with Crippen molar-refractivity contribution < 1.29 is 14.3 Å². The van der Waals surface area contributed by atoms with Crippen LogP contribution in [0, 0.1) is 0 Å². The molecule has 1 aliphatic rings. The number of nitrogens with one attached hydrogen (secondary N) is 1. The van der Waals surface area contributed by atoms with Crippen molar-refractivity contribution in [3.63, 3.8) is 0 Å². The standard InChI is InChI=1S/C13H16ClNO3/c1-17-10-5-9(6-11(7-10)18-2)12(16)15-13(8-14)3-4-13/h5-7H,3-4,8H2,1-2H3,(H,15,16). The Hall–Kier alpha value is -1.42. The molecule has 0 aliphatic heterocycles. The number of ether oxygens (including phenoxy) is 2. The number of alkyl halides is 1. The molecule has 1 aromatic rings. The molecule has 2 rings (SSSR count). The van der Waals surface area contributed by atoms with E-state index in [1.165, 1.54) is 0 Å². The summed E-state index contributed by atoms with van der Waals surface area (Å²) in [7, 11) is 3.11. The number of carbonyl (C=O) groups is 1. The average Bonchev–Trinajstić information content (AvgIpc) is 3.18. The molecule has 18 heavy (non-hydrogen) atoms. The summed E-state index contributed by atoms with van der Waals surface area (Å²) in [4.78, 5) is 12.1. The molecule has 1 N–H and O–H groups in total. The maximum atomic E-state index is 12.1. The van der Waals surface area contributed by atoms with Crippen molar-refractivity contribution in [2.24, 2.45) is 0 Å². The Labute approximate surface area is 111 Å². The van der Waals surface area contributed by atoms with Crippen LogP contribution >= 0.6 is 11.6 Å². The highest BCUT2D eigenvalue weighted by Crippen LogP contribution is 2.36. The predicted molar refractivity (Wildman–Crippen MR) is 69.7 cm³/mol. The monoisotopic (exact) mass is 269 g/mol. The highest BCUT2D eigenvalue weighted by Gasteiger charge is 2.43. The third kappa shape index (κ3) is 2.70. The van der Waals surface area contributed by atoms with E-state index < -0.39 is 0 Å². The fraction of sp³-hybridized carbons (Fsp3) is 0.462. The summed E-state index contributed by atoms with van der Waals surface area (Å²) in [6.45, 7) is 0. The van der Waals surface area contributed by atoms with Crippen molar-refractivity contribution in [2.75, 3.05) is 20.1 Å². The Morgan fingerprint density at radius 1 is 1.28 bits per heavy atom. The van der Waals surface area contributed by atoms with Gasteiger partial charge in [-0.15, -0.1) is 11.6 Å². The first-order valence-electron chi connectivity index (χ1n) is 5.74. The molecule has 1 fully saturated rings. The van der Waals surface area contributed by atoms with E-state index in [1.54, 1.807) is 32.4 Å². The van der Waals surface area contributed by atoms with Gasteiger partial charge in [0.25, 0.3) is 5.91 Å². The van der Waals surface area contributed by atoms with E-state index in [0.717, 1.165) is 12.8 Å². The molecule has 98 valence electrons. The van der Waals surface area contributed by atoms with Gasteiger partial charge >= 0.3 is 0 Å². The van der Waals surface area contributed by atoms with E-state index in [-0.39, 0.29) is 11.4 Å². The van der Waals surface area contributed by atoms with Gasteiger partial charge in [0.15, 0.2) is 0 Å². The van der Waals surface area contributed by atoms with Gasteiger partial charge in [-0.3, -0.25) is 4.79 Å². The van der Waals surface area contributed by atoms with Gasteiger partial charge in [-0.2, -0.15) is 0 Å². The van der Waals surface area contributed by atoms with Crippen LogP contribution in [-0.2, 0) is 0 Å². The fourth-order valence-corrected chi connectivity index (χ4v) is 2.03. The van der Waals surface area contributed by atoms with E-state index in [9.17, 15) is 4.79 Å². The van der Waals surface area contributed by atoms with E-state index in [2.05, 4.69) is 5.32 Å². The number of methoxy groups -OCH3 is 2.